The van der Waals surface area contributed by atoms with Crippen LogP contribution in [0.5, 0.6) is 0 Å². The lowest BCUT2D eigenvalue weighted by Gasteiger charge is -2.16. The number of carboxylic acids is 1. The molecule has 2 aromatic rings. The van der Waals surface area contributed by atoms with Crippen molar-refractivity contribution in [2.24, 2.45) is 11.8 Å². The average molecular weight is 316 g/mol. The third-order valence-electron chi connectivity index (χ3n) is 4.40. The van der Waals surface area contributed by atoms with Crippen molar-refractivity contribution in [3.8, 4) is 0 Å². The number of hydrogen-bond donors (Lipinski definition) is 2. The van der Waals surface area contributed by atoms with Gasteiger partial charge in [-0.25, -0.2) is 4.79 Å². The smallest absolute Gasteiger partial charge is 0.420 e. The first kappa shape index (κ1) is 15.6. The fourth-order valence-corrected chi connectivity index (χ4v) is 3.12. The SMILES string of the molecule is O=C(O)[C@@H](C/C=C/Cn1c(=O)oc2ccccc21)[C@H]1CCNC1. The predicted octanol–water partition coefficient (Wildman–Crippen LogP) is 1.85. The fraction of sp³-hybridized carbons (Fsp3) is 0.412. The molecule has 1 fully saturated rings. The van der Waals surface area contributed by atoms with Gasteiger partial charge in [-0.05, 0) is 44.0 Å². The molecule has 6 nitrogen and oxygen atoms in total. The van der Waals surface area contributed by atoms with Gasteiger partial charge in [-0.2, -0.15) is 0 Å². The number of oxazole rings is 1. The highest BCUT2D eigenvalue weighted by Crippen LogP contribution is 2.23. The van der Waals surface area contributed by atoms with Gasteiger partial charge in [-0.15, -0.1) is 0 Å². The van der Waals surface area contributed by atoms with Crippen molar-refractivity contribution in [1.29, 1.82) is 0 Å². The standard InChI is InChI=1S/C17H20N2O4/c20-16(21)13(12-8-9-18-11-12)5-3-4-10-19-14-6-1-2-7-15(14)23-17(19)22/h1-4,6-7,12-13,18H,5,8-11H2,(H,20,21)/b4-3+/t12-,13-/m0/s1. The first-order valence-corrected chi connectivity index (χ1v) is 7.83. The normalized spacial score (nSPS) is 19.6. The molecule has 1 saturated heterocycles. The molecule has 0 bridgehead atoms. The number of aromatic nitrogens is 1. The molecule has 1 aromatic carbocycles. The minimum Gasteiger partial charge on any atom is -0.481 e. The zero-order valence-electron chi connectivity index (χ0n) is 12.8. The lowest BCUT2D eigenvalue weighted by Crippen LogP contribution is -2.25. The number of hydrogen-bond acceptors (Lipinski definition) is 4. The summed E-state index contributed by atoms with van der Waals surface area (Å²) >= 11 is 0. The molecular formula is C17H20N2O4. The Balaban J connectivity index is 1.67. The molecule has 0 spiro atoms. The number of nitrogens with one attached hydrogen (secondary N) is 1. The molecule has 122 valence electrons. The lowest BCUT2D eigenvalue weighted by atomic mass is 9.89. The molecule has 3 rings (SSSR count). The number of aliphatic carboxylic acids is 1. The zero-order valence-corrected chi connectivity index (χ0v) is 12.8. The Hall–Kier alpha value is -2.34. The highest BCUT2D eigenvalue weighted by atomic mass is 16.4. The van der Waals surface area contributed by atoms with E-state index in [1.165, 1.54) is 0 Å². The molecular weight excluding hydrogens is 296 g/mol. The largest absolute Gasteiger partial charge is 0.481 e. The van der Waals surface area contributed by atoms with Crippen molar-refractivity contribution in [1.82, 2.24) is 9.88 Å². The van der Waals surface area contributed by atoms with Gasteiger partial charge in [0.15, 0.2) is 5.58 Å². The topological polar surface area (TPSA) is 84.5 Å². The van der Waals surface area contributed by atoms with Crippen molar-refractivity contribution in [2.45, 2.75) is 19.4 Å². The van der Waals surface area contributed by atoms with E-state index in [1.54, 1.807) is 10.6 Å². The molecule has 1 aliphatic rings. The van der Waals surface area contributed by atoms with Gasteiger partial charge < -0.3 is 14.8 Å². The molecule has 0 aliphatic carbocycles. The molecule has 1 aromatic heterocycles. The number of nitrogens with zero attached hydrogens (tertiary/aromatic N) is 1. The summed E-state index contributed by atoms with van der Waals surface area (Å²) in [7, 11) is 0. The van der Waals surface area contributed by atoms with Crippen LogP contribution in [0.15, 0.2) is 45.6 Å². The Morgan fingerprint density at radius 3 is 3.00 bits per heavy atom. The summed E-state index contributed by atoms with van der Waals surface area (Å²) in [6.45, 7) is 2.02. The van der Waals surface area contributed by atoms with Crippen molar-refractivity contribution < 1.29 is 14.3 Å². The van der Waals surface area contributed by atoms with Gasteiger partial charge in [0, 0.05) is 6.54 Å². The van der Waals surface area contributed by atoms with E-state index in [2.05, 4.69) is 5.32 Å². The fourth-order valence-electron chi connectivity index (χ4n) is 3.12. The number of carboxylic acid groups (broad SMARTS) is 1. The molecule has 2 N–H and O–H groups in total. The average Bonchev–Trinajstić information content (AvgIpc) is 3.15. The van der Waals surface area contributed by atoms with Crippen LogP contribution in [0.1, 0.15) is 12.8 Å². The van der Waals surface area contributed by atoms with Gasteiger partial charge in [0.1, 0.15) is 0 Å². The van der Waals surface area contributed by atoms with Crippen LogP contribution < -0.4 is 11.1 Å². The van der Waals surface area contributed by atoms with E-state index >= 15 is 0 Å². The maximum Gasteiger partial charge on any atom is 0.420 e. The summed E-state index contributed by atoms with van der Waals surface area (Å²) in [6.07, 6.45) is 5.07. The third-order valence-corrected chi connectivity index (χ3v) is 4.40. The highest BCUT2D eigenvalue weighted by Gasteiger charge is 2.29. The summed E-state index contributed by atoms with van der Waals surface area (Å²) in [5, 5.41) is 12.6. The Labute approximate surface area is 133 Å². The van der Waals surface area contributed by atoms with Crippen molar-refractivity contribution >= 4 is 17.1 Å². The van der Waals surface area contributed by atoms with E-state index in [0.717, 1.165) is 25.0 Å². The molecule has 2 heterocycles. The second-order valence-electron chi connectivity index (χ2n) is 5.85. The number of allylic oxidation sites excluding steroid dienone is 2. The molecule has 23 heavy (non-hydrogen) atoms. The van der Waals surface area contributed by atoms with Crippen LogP contribution in [0.2, 0.25) is 0 Å². The third kappa shape index (κ3) is 3.37. The summed E-state index contributed by atoms with van der Waals surface area (Å²) in [4.78, 5) is 23.3. The van der Waals surface area contributed by atoms with Crippen LogP contribution in [-0.4, -0.2) is 28.7 Å². The minimum atomic E-state index is -0.755. The second-order valence-corrected chi connectivity index (χ2v) is 5.85. The molecule has 6 heteroatoms. The summed E-state index contributed by atoms with van der Waals surface area (Å²) < 4.78 is 6.71. The van der Waals surface area contributed by atoms with Crippen LogP contribution >= 0.6 is 0 Å². The van der Waals surface area contributed by atoms with Gasteiger partial charge in [-0.3, -0.25) is 9.36 Å². The van der Waals surface area contributed by atoms with Crippen molar-refractivity contribution in [3.05, 3.63) is 47.0 Å². The van der Waals surface area contributed by atoms with Crippen LogP contribution in [-0.2, 0) is 11.3 Å². The van der Waals surface area contributed by atoms with Gasteiger partial charge in [0.05, 0.1) is 11.4 Å². The number of carbonyl (C=O) groups is 1. The summed E-state index contributed by atoms with van der Waals surface area (Å²) in [5.74, 6) is -1.35. The molecule has 0 amide bonds. The molecule has 1 aliphatic heterocycles. The lowest BCUT2D eigenvalue weighted by molar-refractivity contribution is -0.143. The predicted molar refractivity (Wildman–Crippen MR) is 86.3 cm³/mol. The highest BCUT2D eigenvalue weighted by molar-refractivity contribution is 5.72. The molecule has 0 radical (unpaired) electrons. The quantitative estimate of drug-likeness (QED) is 0.795. The zero-order chi connectivity index (χ0) is 16.2. The van der Waals surface area contributed by atoms with E-state index in [0.29, 0.717) is 18.5 Å². The molecule has 2 atom stereocenters. The Morgan fingerprint density at radius 1 is 1.43 bits per heavy atom. The first-order valence-electron chi connectivity index (χ1n) is 7.83. The van der Waals surface area contributed by atoms with Crippen LogP contribution in [0, 0.1) is 11.8 Å². The molecule has 0 saturated carbocycles. The number of rotatable bonds is 6. The number of fused-ring (bicyclic) bond motifs is 1. The van der Waals surface area contributed by atoms with Crippen molar-refractivity contribution in [2.75, 3.05) is 13.1 Å². The second kappa shape index (κ2) is 6.83. The van der Waals surface area contributed by atoms with Crippen molar-refractivity contribution in [3.63, 3.8) is 0 Å². The van der Waals surface area contributed by atoms with E-state index in [9.17, 15) is 14.7 Å². The van der Waals surface area contributed by atoms with Crippen LogP contribution in [0.4, 0.5) is 0 Å². The number of benzene rings is 1. The van der Waals surface area contributed by atoms with Gasteiger partial charge in [-0.1, -0.05) is 24.3 Å². The van der Waals surface area contributed by atoms with E-state index < -0.39 is 11.7 Å². The summed E-state index contributed by atoms with van der Waals surface area (Å²) in [6, 6.07) is 7.26. The first-order chi connectivity index (χ1) is 11.2. The Bertz CT molecular complexity index is 768. The van der Waals surface area contributed by atoms with E-state index in [1.807, 2.05) is 30.4 Å². The summed E-state index contributed by atoms with van der Waals surface area (Å²) in [5.41, 5.74) is 1.31. The maximum absolute atomic E-state index is 11.8. The van der Waals surface area contributed by atoms with Crippen LogP contribution in [0.3, 0.4) is 0 Å². The monoisotopic (exact) mass is 316 g/mol. The van der Waals surface area contributed by atoms with Gasteiger partial charge in [0.2, 0.25) is 0 Å². The Kier molecular flexibility index (Phi) is 4.62. The molecule has 0 unspecified atom stereocenters. The minimum absolute atomic E-state index is 0.176. The van der Waals surface area contributed by atoms with Gasteiger partial charge in [0.25, 0.3) is 0 Å². The Morgan fingerprint density at radius 2 is 2.26 bits per heavy atom. The van der Waals surface area contributed by atoms with E-state index in [4.69, 9.17) is 4.42 Å². The van der Waals surface area contributed by atoms with E-state index in [-0.39, 0.29) is 11.8 Å². The van der Waals surface area contributed by atoms with Crippen LogP contribution in [0.25, 0.3) is 11.1 Å². The maximum atomic E-state index is 11.8. The van der Waals surface area contributed by atoms with Gasteiger partial charge >= 0.3 is 11.7 Å². The number of para-hydroxylation sites is 2.